The second-order valence-electron chi connectivity index (χ2n) is 2.20. The maximum Gasteiger partial charge on any atom is 0.297 e. The van der Waals surface area contributed by atoms with Gasteiger partial charge in [0.2, 0.25) is 0 Å². The molecule has 0 aromatic rings. The van der Waals surface area contributed by atoms with Gasteiger partial charge >= 0.3 is 0 Å². The number of aliphatic hydroxyl groups excluding tert-OH is 1. The van der Waals surface area contributed by atoms with Crippen molar-refractivity contribution in [2.45, 2.75) is 5.92 Å². The Morgan fingerprint density at radius 3 is 2.31 bits per heavy atom. The smallest absolute Gasteiger partial charge is 0.297 e. The molecule has 74 valence electrons. The van der Waals surface area contributed by atoms with E-state index in [-0.39, 0.29) is 9.51 Å². The lowest BCUT2D eigenvalue weighted by Crippen LogP contribution is -2.24. The van der Waals surface area contributed by atoms with Gasteiger partial charge in [0.05, 0.1) is 5.03 Å². The Bertz CT molecular complexity index is 261. The first-order valence-corrected chi connectivity index (χ1v) is 4.40. The van der Waals surface area contributed by atoms with Crippen LogP contribution in [0.25, 0.3) is 0 Å². The molecule has 0 atom stereocenters. The van der Waals surface area contributed by atoms with Gasteiger partial charge in [-0.25, -0.2) is 0 Å². The predicted molar refractivity (Wildman–Crippen MR) is 53.2 cm³/mol. The standard InChI is InChI=1S/C8H8BrClF2O/c1-3-6(7(10)5(2)9)8(11,12)4-13/h3,13H,1-2,4H2/b7-6-. The summed E-state index contributed by atoms with van der Waals surface area (Å²) in [4.78, 5) is 0. The fourth-order valence-electron chi connectivity index (χ4n) is 0.631. The minimum Gasteiger partial charge on any atom is -0.390 e. The lowest BCUT2D eigenvalue weighted by Gasteiger charge is -2.15. The van der Waals surface area contributed by atoms with Gasteiger partial charge in [0, 0.05) is 10.1 Å². The maximum absolute atomic E-state index is 12.9. The van der Waals surface area contributed by atoms with Crippen molar-refractivity contribution >= 4 is 27.5 Å². The van der Waals surface area contributed by atoms with Crippen molar-refractivity contribution in [2.75, 3.05) is 6.61 Å². The van der Waals surface area contributed by atoms with Gasteiger partial charge in [-0.05, 0) is 15.9 Å². The summed E-state index contributed by atoms with van der Waals surface area (Å²) >= 11 is 8.37. The quantitative estimate of drug-likeness (QED) is 0.780. The first-order chi connectivity index (χ1) is 5.86. The third-order valence-electron chi connectivity index (χ3n) is 1.27. The van der Waals surface area contributed by atoms with E-state index in [0.29, 0.717) is 0 Å². The minimum atomic E-state index is -3.39. The van der Waals surface area contributed by atoms with E-state index in [9.17, 15) is 8.78 Å². The van der Waals surface area contributed by atoms with Crippen molar-refractivity contribution in [3.05, 3.63) is 34.3 Å². The number of alkyl halides is 2. The van der Waals surface area contributed by atoms with E-state index in [1.807, 2.05) is 0 Å². The summed E-state index contributed by atoms with van der Waals surface area (Å²) in [6.45, 7) is 5.20. The summed E-state index contributed by atoms with van der Waals surface area (Å²) in [6.07, 6.45) is 0.894. The van der Waals surface area contributed by atoms with Crippen LogP contribution in [0.15, 0.2) is 34.3 Å². The predicted octanol–water partition coefficient (Wildman–Crippen LogP) is 3.20. The van der Waals surface area contributed by atoms with Gasteiger partial charge in [0.15, 0.2) is 0 Å². The van der Waals surface area contributed by atoms with Crippen LogP contribution in [-0.2, 0) is 0 Å². The fraction of sp³-hybridized carbons (Fsp3) is 0.250. The van der Waals surface area contributed by atoms with E-state index in [0.717, 1.165) is 6.08 Å². The van der Waals surface area contributed by atoms with Crippen molar-refractivity contribution in [1.82, 2.24) is 0 Å². The molecule has 0 aliphatic rings. The third-order valence-corrected chi connectivity index (χ3v) is 2.33. The van der Waals surface area contributed by atoms with Crippen molar-refractivity contribution < 1.29 is 13.9 Å². The number of hydrogen-bond acceptors (Lipinski definition) is 1. The molecule has 13 heavy (non-hydrogen) atoms. The van der Waals surface area contributed by atoms with E-state index in [4.69, 9.17) is 16.7 Å². The first-order valence-electron chi connectivity index (χ1n) is 3.23. The van der Waals surface area contributed by atoms with E-state index in [1.54, 1.807) is 0 Å². The van der Waals surface area contributed by atoms with Gasteiger partial charge in [0.25, 0.3) is 5.92 Å². The van der Waals surface area contributed by atoms with Crippen molar-refractivity contribution in [3.63, 3.8) is 0 Å². The average Bonchev–Trinajstić information content (AvgIpc) is 2.05. The Hall–Kier alpha value is -0.190. The number of rotatable bonds is 4. The van der Waals surface area contributed by atoms with Crippen molar-refractivity contribution in [3.8, 4) is 0 Å². The molecule has 1 nitrogen and oxygen atoms in total. The summed E-state index contributed by atoms with van der Waals surface area (Å²) < 4.78 is 25.9. The molecule has 0 saturated heterocycles. The normalized spacial score (nSPS) is 13.6. The third kappa shape index (κ3) is 3.21. The number of halogens is 4. The lowest BCUT2D eigenvalue weighted by atomic mass is 10.1. The number of aliphatic hydroxyl groups is 1. The summed E-state index contributed by atoms with van der Waals surface area (Å²) in [7, 11) is 0. The Kier molecular flexibility index (Phi) is 4.81. The minimum absolute atomic E-state index is 0.122. The first kappa shape index (κ1) is 12.8. The van der Waals surface area contributed by atoms with E-state index < -0.39 is 18.1 Å². The van der Waals surface area contributed by atoms with Crippen LogP contribution in [0.5, 0.6) is 0 Å². The average molecular weight is 274 g/mol. The molecule has 0 rings (SSSR count). The molecule has 0 heterocycles. The van der Waals surface area contributed by atoms with Gasteiger partial charge in [0.1, 0.15) is 6.61 Å². The Labute approximate surface area is 88.5 Å². The van der Waals surface area contributed by atoms with Gasteiger partial charge in [-0.2, -0.15) is 8.78 Å². The fourth-order valence-corrected chi connectivity index (χ4v) is 1.06. The molecule has 0 aliphatic carbocycles. The van der Waals surface area contributed by atoms with Crippen LogP contribution in [0, 0.1) is 0 Å². The highest BCUT2D eigenvalue weighted by molar-refractivity contribution is 9.12. The largest absolute Gasteiger partial charge is 0.390 e. The van der Waals surface area contributed by atoms with Gasteiger partial charge in [-0.1, -0.05) is 30.8 Å². The SMILES string of the molecule is C=C/C(=C(/Cl)C(=C)Br)C(F)(F)CO. The summed E-state index contributed by atoms with van der Waals surface area (Å²) in [6, 6.07) is 0. The zero-order valence-electron chi connectivity index (χ0n) is 6.66. The van der Waals surface area contributed by atoms with Crippen LogP contribution in [-0.4, -0.2) is 17.6 Å². The molecule has 0 saturated carbocycles. The van der Waals surface area contributed by atoms with Crippen LogP contribution < -0.4 is 0 Å². The van der Waals surface area contributed by atoms with E-state index >= 15 is 0 Å². The molecule has 0 fully saturated rings. The van der Waals surface area contributed by atoms with Crippen LogP contribution >= 0.6 is 27.5 Å². The molecule has 0 radical (unpaired) electrons. The Balaban J connectivity index is 5.22. The molecule has 0 aromatic heterocycles. The highest BCUT2D eigenvalue weighted by atomic mass is 79.9. The summed E-state index contributed by atoms with van der Waals surface area (Å²) in [5.74, 6) is -3.39. The second-order valence-corrected chi connectivity index (χ2v) is 3.53. The zero-order chi connectivity index (χ0) is 10.6. The Morgan fingerprint density at radius 1 is 1.62 bits per heavy atom. The van der Waals surface area contributed by atoms with Crippen molar-refractivity contribution in [1.29, 1.82) is 0 Å². The van der Waals surface area contributed by atoms with Crippen LogP contribution in [0.4, 0.5) is 8.78 Å². The lowest BCUT2D eigenvalue weighted by molar-refractivity contribution is -0.0128. The van der Waals surface area contributed by atoms with Crippen LogP contribution in [0.1, 0.15) is 0 Å². The zero-order valence-corrected chi connectivity index (χ0v) is 9.00. The van der Waals surface area contributed by atoms with Gasteiger partial charge in [-0.15, -0.1) is 0 Å². The van der Waals surface area contributed by atoms with E-state index in [2.05, 4.69) is 29.1 Å². The number of allylic oxidation sites excluding steroid dienone is 3. The monoisotopic (exact) mass is 272 g/mol. The molecule has 0 aromatic carbocycles. The van der Waals surface area contributed by atoms with Gasteiger partial charge < -0.3 is 5.11 Å². The topological polar surface area (TPSA) is 20.2 Å². The van der Waals surface area contributed by atoms with Crippen LogP contribution in [0.2, 0.25) is 0 Å². The maximum atomic E-state index is 12.9. The Morgan fingerprint density at radius 2 is 2.08 bits per heavy atom. The summed E-state index contributed by atoms with van der Waals surface area (Å²) in [5, 5.41) is 8.15. The molecule has 0 unspecified atom stereocenters. The molecule has 1 N–H and O–H groups in total. The number of hydrogen-bond donors (Lipinski definition) is 1. The van der Waals surface area contributed by atoms with Crippen LogP contribution in [0.3, 0.4) is 0 Å². The highest BCUT2D eigenvalue weighted by Crippen LogP contribution is 2.33. The summed E-state index contributed by atoms with van der Waals surface area (Å²) in [5.41, 5.74) is -0.543. The molecular formula is C8H8BrClF2O. The van der Waals surface area contributed by atoms with Crippen molar-refractivity contribution in [2.24, 2.45) is 0 Å². The molecule has 0 aliphatic heterocycles. The molecule has 5 heteroatoms. The molecular weight excluding hydrogens is 265 g/mol. The van der Waals surface area contributed by atoms with E-state index in [1.165, 1.54) is 0 Å². The highest BCUT2D eigenvalue weighted by Gasteiger charge is 2.33. The molecule has 0 amide bonds. The second kappa shape index (κ2) is 4.88. The molecule has 0 bridgehead atoms. The van der Waals surface area contributed by atoms with Gasteiger partial charge in [-0.3, -0.25) is 0 Å². The molecule has 0 spiro atoms.